The number of halogens is 1. The Labute approximate surface area is 180 Å². The van der Waals surface area contributed by atoms with E-state index in [4.69, 9.17) is 16.3 Å². The zero-order chi connectivity index (χ0) is 21.1. The predicted molar refractivity (Wildman–Crippen MR) is 117 cm³/mol. The highest BCUT2D eigenvalue weighted by Gasteiger charge is 2.51. The Morgan fingerprint density at radius 3 is 1.97 bits per heavy atom. The van der Waals surface area contributed by atoms with Gasteiger partial charge in [-0.05, 0) is 35.4 Å². The highest BCUT2D eigenvalue weighted by molar-refractivity contribution is 6.30. The zero-order valence-electron chi connectivity index (χ0n) is 16.5. The summed E-state index contributed by atoms with van der Waals surface area (Å²) in [4.78, 5) is 26.5. The SMILES string of the molecule is COC(=O)[C@H]1N[C@@H](c2ccccc2)[C@H](C(=O)c2ccc(Cl)cc2)[C@H]1c1ccccc1. The Balaban J connectivity index is 1.84. The number of ketones is 1. The fourth-order valence-electron chi connectivity index (χ4n) is 4.32. The van der Waals surface area contributed by atoms with Crippen molar-refractivity contribution in [3.8, 4) is 0 Å². The van der Waals surface area contributed by atoms with Gasteiger partial charge in [-0.3, -0.25) is 14.9 Å². The molecule has 30 heavy (non-hydrogen) atoms. The van der Waals surface area contributed by atoms with Crippen molar-refractivity contribution in [3.05, 3.63) is 107 Å². The topological polar surface area (TPSA) is 55.4 Å². The highest BCUT2D eigenvalue weighted by Crippen LogP contribution is 2.45. The molecule has 152 valence electrons. The number of carbonyl (C=O) groups excluding carboxylic acids is 2. The van der Waals surface area contributed by atoms with Crippen molar-refractivity contribution in [3.63, 3.8) is 0 Å². The lowest BCUT2D eigenvalue weighted by Gasteiger charge is -2.25. The number of hydrogen-bond acceptors (Lipinski definition) is 4. The summed E-state index contributed by atoms with van der Waals surface area (Å²) < 4.78 is 5.09. The third kappa shape index (κ3) is 3.89. The van der Waals surface area contributed by atoms with Crippen LogP contribution in [0.25, 0.3) is 0 Å². The quantitative estimate of drug-likeness (QED) is 0.476. The van der Waals surface area contributed by atoms with Crippen LogP contribution in [0.15, 0.2) is 84.9 Å². The maximum atomic E-state index is 13.7. The lowest BCUT2D eigenvalue weighted by atomic mass is 9.76. The van der Waals surface area contributed by atoms with Crippen molar-refractivity contribution < 1.29 is 14.3 Å². The summed E-state index contributed by atoms with van der Waals surface area (Å²) in [5, 5.41) is 3.97. The Hall–Kier alpha value is -2.95. The van der Waals surface area contributed by atoms with E-state index in [1.54, 1.807) is 24.3 Å². The lowest BCUT2D eigenvalue weighted by molar-refractivity contribution is -0.143. The van der Waals surface area contributed by atoms with Gasteiger partial charge in [-0.1, -0.05) is 72.3 Å². The predicted octanol–water partition coefficient (Wildman–Crippen LogP) is 4.81. The first-order valence-electron chi connectivity index (χ1n) is 9.83. The summed E-state index contributed by atoms with van der Waals surface area (Å²) >= 11 is 6.02. The number of ether oxygens (including phenoxy) is 1. The van der Waals surface area contributed by atoms with Crippen LogP contribution in [0.5, 0.6) is 0 Å². The van der Waals surface area contributed by atoms with E-state index in [9.17, 15) is 9.59 Å². The minimum absolute atomic E-state index is 0.0340. The number of Topliss-reactive ketones (excluding diaryl/α,β-unsaturated/α-hetero) is 1. The Kier molecular flexibility index (Phi) is 5.98. The van der Waals surface area contributed by atoms with Gasteiger partial charge in [0.05, 0.1) is 13.0 Å². The number of carbonyl (C=O) groups is 2. The summed E-state index contributed by atoms with van der Waals surface area (Å²) in [6.45, 7) is 0. The molecule has 1 heterocycles. The second-order valence-electron chi connectivity index (χ2n) is 7.39. The molecular weight excluding hydrogens is 398 g/mol. The van der Waals surface area contributed by atoms with Crippen LogP contribution in [0.1, 0.15) is 33.4 Å². The average molecular weight is 420 g/mol. The molecule has 4 nitrogen and oxygen atoms in total. The van der Waals surface area contributed by atoms with Gasteiger partial charge in [0, 0.05) is 22.5 Å². The van der Waals surface area contributed by atoms with Crippen LogP contribution in [0.4, 0.5) is 0 Å². The molecule has 1 N–H and O–H groups in total. The summed E-state index contributed by atoms with van der Waals surface area (Å²) in [6, 6.07) is 25.4. The molecule has 0 aliphatic carbocycles. The molecule has 0 saturated carbocycles. The monoisotopic (exact) mass is 419 g/mol. The van der Waals surface area contributed by atoms with Crippen LogP contribution in [0.3, 0.4) is 0 Å². The Bertz CT molecular complexity index is 1020. The van der Waals surface area contributed by atoms with E-state index in [0.29, 0.717) is 10.6 Å². The van der Waals surface area contributed by atoms with E-state index in [-0.39, 0.29) is 23.7 Å². The molecule has 0 unspecified atom stereocenters. The minimum atomic E-state index is -0.635. The summed E-state index contributed by atoms with van der Waals surface area (Å²) in [5.74, 6) is -1.27. The van der Waals surface area contributed by atoms with Crippen molar-refractivity contribution in [2.45, 2.75) is 18.0 Å². The average Bonchev–Trinajstić information content (AvgIpc) is 3.20. The van der Waals surface area contributed by atoms with Gasteiger partial charge in [0.2, 0.25) is 0 Å². The number of hydrogen-bond donors (Lipinski definition) is 1. The fourth-order valence-corrected chi connectivity index (χ4v) is 4.44. The molecule has 0 aromatic heterocycles. The molecule has 1 aliphatic rings. The third-order valence-electron chi connectivity index (χ3n) is 5.69. The van der Waals surface area contributed by atoms with Gasteiger partial charge in [-0.25, -0.2) is 0 Å². The fraction of sp³-hybridized carbons (Fsp3) is 0.200. The van der Waals surface area contributed by atoms with Crippen molar-refractivity contribution in [1.29, 1.82) is 0 Å². The molecule has 4 atom stereocenters. The Morgan fingerprint density at radius 1 is 0.833 bits per heavy atom. The van der Waals surface area contributed by atoms with Crippen LogP contribution >= 0.6 is 11.6 Å². The van der Waals surface area contributed by atoms with Crippen molar-refractivity contribution in [1.82, 2.24) is 5.32 Å². The number of rotatable bonds is 5. The maximum Gasteiger partial charge on any atom is 0.323 e. The highest BCUT2D eigenvalue weighted by atomic mass is 35.5. The first kappa shape index (κ1) is 20.3. The van der Waals surface area contributed by atoms with Crippen LogP contribution in [0, 0.1) is 5.92 Å². The van der Waals surface area contributed by atoms with E-state index in [2.05, 4.69) is 5.32 Å². The van der Waals surface area contributed by atoms with Gasteiger partial charge in [-0.2, -0.15) is 0 Å². The molecule has 0 radical (unpaired) electrons. The molecule has 0 amide bonds. The molecular formula is C25H22ClNO3. The molecule has 1 fully saturated rings. The van der Waals surface area contributed by atoms with Gasteiger partial charge in [0.1, 0.15) is 6.04 Å². The zero-order valence-corrected chi connectivity index (χ0v) is 17.3. The molecule has 5 heteroatoms. The first-order valence-corrected chi connectivity index (χ1v) is 10.2. The molecule has 1 aliphatic heterocycles. The Morgan fingerprint density at radius 2 is 1.40 bits per heavy atom. The van der Waals surface area contributed by atoms with E-state index in [0.717, 1.165) is 11.1 Å². The number of nitrogens with one attached hydrogen (secondary N) is 1. The summed E-state index contributed by atoms with van der Waals surface area (Å²) in [6.07, 6.45) is 0. The second-order valence-corrected chi connectivity index (χ2v) is 7.83. The number of benzene rings is 3. The van der Waals surface area contributed by atoms with Gasteiger partial charge < -0.3 is 4.74 Å². The maximum absolute atomic E-state index is 13.7. The smallest absolute Gasteiger partial charge is 0.323 e. The molecule has 0 spiro atoms. The van der Waals surface area contributed by atoms with Crippen LogP contribution in [-0.2, 0) is 9.53 Å². The molecule has 3 aromatic carbocycles. The van der Waals surface area contributed by atoms with Gasteiger partial charge in [0.25, 0.3) is 0 Å². The van der Waals surface area contributed by atoms with Gasteiger partial charge >= 0.3 is 5.97 Å². The van der Waals surface area contributed by atoms with E-state index >= 15 is 0 Å². The summed E-state index contributed by atoms with van der Waals surface area (Å²) in [7, 11) is 1.37. The van der Waals surface area contributed by atoms with Crippen LogP contribution in [0.2, 0.25) is 5.02 Å². The third-order valence-corrected chi connectivity index (χ3v) is 5.95. The van der Waals surface area contributed by atoms with Crippen molar-refractivity contribution in [2.75, 3.05) is 7.11 Å². The molecule has 1 saturated heterocycles. The molecule has 4 rings (SSSR count). The van der Waals surface area contributed by atoms with Crippen LogP contribution < -0.4 is 5.32 Å². The van der Waals surface area contributed by atoms with E-state index in [1.165, 1.54) is 7.11 Å². The standard InChI is InChI=1S/C25H22ClNO3/c1-30-25(29)23-20(16-8-4-2-5-9-16)21(22(27-23)17-10-6-3-7-11-17)24(28)18-12-14-19(26)15-13-18/h2-15,20-23,27H,1H3/t20-,21-,22+,23+/m1/s1. The first-order chi connectivity index (χ1) is 14.6. The van der Waals surface area contributed by atoms with Gasteiger partial charge in [-0.15, -0.1) is 0 Å². The summed E-state index contributed by atoms with van der Waals surface area (Å²) in [5.41, 5.74) is 2.45. The number of esters is 1. The normalized spacial score (nSPS) is 23.1. The van der Waals surface area contributed by atoms with Crippen molar-refractivity contribution in [2.24, 2.45) is 5.92 Å². The second kappa shape index (κ2) is 8.82. The molecule has 0 bridgehead atoms. The van der Waals surface area contributed by atoms with E-state index in [1.807, 2.05) is 60.7 Å². The van der Waals surface area contributed by atoms with E-state index < -0.39 is 12.0 Å². The van der Waals surface area contributed by atoms with Gasteiger partial charge in [0.15, 0.2) is 5.78 Å². The minimum Gasteiger partial charge on any atom is -0.468 e. The molecule has 3 aromatic rings. The number of methoxy groups -OCH3 is 1. The largest absolute Gasteiger partial charge is 0.468 e. The van der Waals surface area contributed by atoms with Crippen LogP contribution in [-0.4, -0.2) is 24.9 Å². The van der Waals surface area contributed by atoms with Crippen molar-refractivity contribution >= 4 is 23.4 Å². The lowest BCUT2D eigenvalue weighted by Crippen LogP contribution is -2.36.